The molecular formula is C31H28Cl2N2O3. The van der Waals surface area contributed by atoms with Crippen molar-refractivity contribution in [1.82, 2.24) is 0 Å². The van der Waals surface area contributed by atoms with Crippen LogP contribution in [-0.2, 0) is 13.0 Å². The van der Waals surface area contributed by atoms with Crippen LogP contribution in [0, 0.1) is 0 Å². The van der Waals surface area contributed by atoms with Gasteiger partial charge in [-0.3, -0.25) is 9.69 Å². The summed E-state index contributed by atoms with van der Waals surface area (Å²) in [5, 5.41) is 4.54. The van der Waals surface area contributed by atoms with Crippen LogP contribution in [0.2, 0.25) is 10.0 Å². The van der Waals surface area contributed by atoms with Gasteiger partial charge in [0.05, 0.1) is 22.2 Å². The molecule has 0 fully saturated rings. The van der Waals surface area contributed by atoms with E-state index < -0.39 is 6.17 Å². The first-order chi connectivity index (χ1) is 18.5. The number of rotatable bonds is 8. The summed E-state index contributed by atoms with van der Waals surface area (Å²) in [5.74, 6) is 1.13. The number of aryl methyl sites for hydroxylation is 1. The largest absolute Gasteiger partial charge is 0.490 e. The van der Waals surface area contributed by atoms with Gasteiger partial charge in [0.2, 0.25) is 0 Å². The summed E-state index contributed by atoms with van der Waals surface area (Å²) < 4.78 is 12.1. The molecule has 0 spiro atoms. The fourth-order valence-electron chi connectivity index (χ4n) is 4.52. The minimum atomic E-state index is -0.437. The number of anilines is 2. The molecule has 1 atom stereocenters. The highest BCUT2D eigenvalue weighted by atomic mass is 35.5. The van der Waals surface area contributed by atoms with Crippen LogP contribution in [0.3, 0.4) is 0 Å². The van der Waals surface area contributed by atoms with Crippen LogP contribution in [0.4, 0.5) is 11.4 Å². The topological polar surface area (TPSA) is 50.8 Å². The Bertz CT molecular complexity index is 1460. The molecule has 5 rings (SSSR count). The van der Waals surface area contributed by atoms with Gasteiger partial charge in [0, 0.05) is 11.4 Å². The van der Waals surface area contributed by atoms with E-state index in [9.17, 15) is 4.79 Å². The lowest BCUT2D eigenvalue weighted by Crippen LogP contribution is -2.43. The Kier molecular flexibility index (Phi) is 7.77. The maximum absolute atomic E-state index is 13.8. The lowest BCUT2D eigenvalue weighted by molar-refractivity contribution is 0.0975. The standard InChI is InChI=1S/C31H28Cl2N2O3/c1-3-20-9-13-23(14-10-20)35-30(34-27-8-6-5-7-24(27)31(35)36)22-12-16-28(29(18-22)37-4-2)38-19-21-11-15-25(32)26(33)17-21/h5-18,30,34H,3-4,19H2,1-2H3/t30-/m0/s1. The van der Waals surface area contributed by atoms with Gasteiger partial charge in [-0.25, -0.2) is 0 Å². The van der Waals surface area contributed by atoms with Crippen molar-refractivity contribution in [1.29, 1.82) is 0 Å². The molecule has 1 amide bonds. The molecule has 1 aliphatic rings. The monoisotopic (exact) mass is 546 g/mol. The maximum atomic E-state index is 13.8. The number of amides is 1. The first-order valence-electron chi connectivity index (χ1n) is 12.6. The molecule has 7 heteroatoms. The van der Waals surface area contributed by atoms with Crippen molar-refractivity contribution in [3.05, 3.63) is 117 Å². The van der Waals surface area contributed by atoms with E-state index in [-0.39, 0.29) is 5.91 Å². The van der Waals surface area contributed by atoms with E-state index in [1.807, 2.05) is 67.6 Å². The third-order valence-electron chi connectivity index (χ3n) is 6.51. The number of nitrogens with zero attached hydrogens (tertiary/aromatic N) is 1. The van der Waals surface area contributed by atoms with Gasteiger partial charge in [-0.2, -0.15) is 0 Å². The molecule has 0 saturated carbocycles. The fraction of sp³-hybridized carbons (Fsp3) is 0.194. The highest BCUT2D eigenvalue weighted by Crippen LogP contribution is 2.39. The minimum Gasteiger partial charge on any atom is -0.490 e. The number of hydrogen-bond acceptors (Lipinski definition) is 4. The normalized spacial score (nSPS) is 14.6. The first-order valence-corrected chi connectivity index (χ1v) is 13.4. The number of hydrogen-bond donors (Lipinski definition) is 1. The molecule has 38 heavy (non-hydrogen) atoms. The predicted octanol–water partition coefficient (Wildman–Crippen LogP) is 8.30. The molecule has 0 aromatic heterocycles. The van der Waals surface area contributed by atoms with Crippen LogP contribution in [0.5, 0.6) is 11.5 Å². The van der Waals surface area contributed by atoms with E-state index in [1.54, 1.807) is 17.0 Å². The quantitative estimate of drug-likeness (QED) is 0.241. The second-order valence-corrected chi connectivity index (χ2v) is 9.78. The van der Waals surface area contributed by atoms with Gasteiger partial charge in [0.25, 0.3) is 5.91 Å². The summed E-state index contributed by atoms with van der Waals surface area (Å²) in [7, 11) is 0. The van der Waals surface area contributed by atoms with Gasteiger partial charge < -0.3 is 14.8 Å². The molecule has 1 heterocycles. The Balaban J connectivity index is 1.49. The Hall–Kier alpha value is -3.67. The van der Waals surface area contributed by atoms with Crippen LogP contribution in [0.1, 0.15) is 47.1 Å². The SMILES string of the molecule is CCOc1cc([C@H]2Nc3ccccc3C(=O)N2c2ccc(CC)cc2)ccc1OCc1ccc(Cl)c(Cl)c1. The molecule has 0 unspecified atom stereocenters. The zero-order valence-electron chi connectivity index (χ0n) is 21.2. The van der Waals surface area contributed by atoms with E-state index in [0.717, 1.165) is 28.9 Å². The van der Waals surface area contributed by atoms with Crippen LogP contribution in [0.15, 0.2) is 84.9 Å². The molecule has 1 aliphatic heterocycles. The van der Waals surface area contributed by atoms with E-state index in [1.165, 1.54) is 5.56 Å². The molecular weight excluding hydrogens is 519 g/mol. The van der Waals surface area contributed by atoms with Crippen LogP contribution >= 0.6 is 23.2 Å². The summed E-state index contributed by atoms with van der Waals surface area (Å²) >= 11 is 12.2. The maximum Gasteiger partial charge on any atom is 0.262 e. The molecule has 1 N–H and O–H groups in total. The number of ether oxygens (including phenoxy) is 2. The fourth-order valence-corrected chi connectivity index (χ4v) is 4.84. The first kappa shape index (κ1) is 26.0. The summed E-state index contributed by atoms with van der Waals surface area (Å²) in [6.07, 6.45) is 0.494. The summed E-state index contributed by atoms with van der Waals surface area (Å²) in [5.41, 5.74) is 5.22. The highest BCUT2D eigenvalue weighted by molar-refractivity contribution is 6.42. The number of benzene rings is 4. The third-order valence-corrected chi connectivity index (χ3v) is 7.25. The van der Waals surface area contributed by atoms with E-state index in [2.05, 4.69) is 24.4 Å². The second kappa shape index (κ2) is 11.4. The summed E-state index contributed by atoms with van der Waals surface area (Å²) in [6, 6.07) is 26.9. The predicted molar refractivity (Wildman–Crippen MR) is 154 cm³/mol. The van der Waals surface area contributed by atoms with Gasteiger partial charge in [-0.05, 0) is 78.6 Å². The number of fused-ring (bicyclic) bond motifs is 1. The van der Waals surface area contributed by atoms with E-state index in [4.69, 9.17) is 32.7 Å². The van der Waals surface area contributed by atoms with Crippen molar-refractivity contribution < 1.29 is 14.3 Å². The number of para-hydroxylation sites is 1. The van der Waals surface area contributed by atoms with Crippen LogP contribution < -0.4 is 19.7 Å². The van der Waals surface area contributed by atoms with Crippen molar-refractivity contribution in [2.45, 2.75) is 33.0 Å². The highest BCUT2D eigenvalue weighted by Gasteiger charge is 2.34. The Morgan fingerprint density at radius 3 is 2.32 bits per heavy atom. The van der Waals surface area contributed by atoms with Crippen molar-refractivity contribution in [3.63, 3.8) is 0 Å². The van der Waals surface area contributed by atoms with E-state index >= 15 is 0 Å². The Morgan fingerprint density at radius 2 is 1.58 bits per heavy atom. The lowest BCUT2D eigenvalue weighted by Gasteiger charge is -2.38. The van der Waals surface area contributed by atoms with Crippen molar-refractivity contribution >= 4 is 40.5 Å². The number of carbonyl (C=O) groups is 1. The Morgan fingerprint density at radius 1 is 0.816 bits per heavy atom. The van der Waals surface area contributed by atoms with Crippen molar-refractivity contribution in [2.75, 3.05) is 16.8 Å². The number of nitrogens with one attached hydrogen (secondary N) is 1. The van der Waals surface area contributed by atoms with Gasteiger partial charge >= 0.3 is 0 Å². The van der Waals surface area contributed by atoms with Gasteiger partial charge in [-0.1, -0.05) is 66.5 Å². The molecule has 194 valence electrons. The summed E-state index contributed by atoms with van der Waals surface area (Å²) in [4.78, 5) is 15.5. The second-order valence-electron chi connectivity index (χ2n) is 8.96. The average Bonchev–Trinajstić information content (AvgIpc) is 2.94. The van der Waals surface area contributed by atoms with E-state index in [0.29, 0.717) is 40.3 Å². The van der Waals surface area contributed by atoms with Crippen LogP contribution in [0.25, 0.3) is 0 Å². The zero-order valence-corrected chi connectivity index (χ0v) is 22.7. The number of halogens is 2. The molecule has 4 aromatic carbocycles. The summed E-state index contributed by atoms with van der Waals surface area (Å²) in [6.45, 7) is 4.81. The smallest absolute Gasteiger partial charge is 0.262 e. The van der Waals surface area contributed by atoms with Crippen molar-refractivity contribution in [3.8, 4) is 11.5 Å². The van der Waals surface area contributed by atoms with Crippen LogP contribution in [-0.4, -0.2) is 12.5 Å². The van der Waals surface area contributed by atoms with Gasteiger partial charge in [-0.15, -0.1) is 0 Å². The third kappa shape index (κ3) is 5.31. The molecule has 0 bridgehead atoms. The molecule has 4 aromatic rings. The average molecular weight is 547 g/mol. The minimum absolute atomic E-state index is 0.0634. The number of carbonyl (C=O) groups excluding carboxylic acids is 1. The molecule has 5 nitrogen and oxygen atoms in total. The molecule has 0 aliphatic carbocycles. The zero-order chi connectivity index (χ0) is 26.6. The van der Waals surface area contributed by atoms with Gasteiger partial charge in [0.15, 0.2) is 11.5 Å². The molecule has 0 radical (unpaired) electrons. The molecule has 0 saturated heterocycles. The Labute approximate surface area is 232 Å². The van der Waals surface area contributed by atoms with Gasteiger partial charge in [0.1, 0.15) is 12.8 Å². The van der Waals surface area contributed by atoms with Crippen molar-refractivity contribution in [2.24, 2.45) is 0 Å². The lowest BCUT2D eigenvalue weighted by atomic mass is 10.0.